The van der Waals surface area contributed by atoms with Gasteiger partial charge in [-0.05, 0) is 31.0 Å². The molecule has 1 aliphatic heterocycles. The third-order valence-corrected chi connectivity index (χ3v) is 7.51. The molecule has 1 fully saturated rings. The number of hydrogen-bond acceptors (Lipinski definition) is 7. The van der Waals surface area contributed by atoms with E-state index in [-0.39, 0.29) is 27.7 Å². The molecule has 31 heavy (non-hydrogen) atoms. The van der Waals surface area contributed by atoms with Gasteiger partial charge in [0.1, 0.15) is 0 Å². The molecule has 2 heterocycles. The standard InChI is InChI=1S/C21H26N4O4S2/c1-3-11-24(12-4-2)19(26)16-30-21-23-22-20(29-21)17-9-8-10-18(15-17)31(27,28)25-13-6-5-7-14-25/h3-4,8-10,15H,1-2,5-7,11-14,16H2. The average molecular weight is 463 g/mol. The maximum Gasteiger partial charge on any atom is 0.277 e. The second-order valence-corrected chi connectivity index (χ2v) is 9.89. The Kier molecular flexibility index (Phi) is 8.05. The molecule has 0 spiro atoms. The van der Waals surface area contributed by atoms with E-state index in [0.717, 1.165) is 31.0 Å². The number of piperidine rings is 1. The van der Waals surface area contributed by atoms with Crippen LogP contribution in [0.25, 0.3) is 11.5 Å². The summed E-state index contributed by atoms with van der Waals surface area (Å²) in [6.07, 6.45) is 6.11. The quantitative estimate of drug-likeness (QED) is 0.395. The summed E-state index contributed by atoms with van der Waals surface area (Å²) < 4.78 is 33.0. The predicted octanol–water partition coefficient (Wildman–Crippen LogP) is 3.20. The van der Waals surface area contributed by atoms with Gasteiger partial charge in [0.25, 0.3) is 5.22 Å². The third kappa shape index (κ3) is 5.84. The molecule has 10 heteroatoms. The fourth-order valence-corrected chi connectivity index (χ4v) is 5.46. The molecule has 0 N–H and O–H groups in total. The van der Waals surface area contributed by atoms with Crippen molar-refractivity contribution in [1.82, 2.24) is 19.4 Å². The molecule has 1 aromatic carbocycles. The number of carbonyl (C=O) groups is 1. The van der Waals surface area contributed by atoms with Crippen LogP contribution in [0.1, 0.15) is 19.3 Å². The summed E-state index contributed by atoms with van der Waals surface area (Å²) in [6, 6.07) is 6.51. The van der Waals surface area contributed by atoms with Crippen molar-refractivity contribution >= 4 is 27.7 Å². The highest BCUT2D eigenvalue weighted by molar-refractivity contribution is 7.99. The molecule has 8 nitrogen and oxygen atoms in total. The fraction of sp³-hybridized carbons (Fsp3) is 0.381. The van der Waals surface area contributed by atoms with Crippen LogP contribution in [0.15, 0.2) is 64.1 Å². The van der Waals surface area contributed by atoms with Gasteiger partial charge in [-0.3, -0.25) is 4.79 Å². The molecule has 0 atom stereocenters. The molecular weight excluding hydrogens is 436 g/mol. The van der Waals surface area contributed by atoms with Crippen LogP contribution in [0.2, 0.25) is 0 Å². The minimum absolute atomic E-state index is 0.0980. The van der Waals surface area contributed by atoms with Crippen LogP contribution in [-0.2, 0) is 14.8 Å². The summed E-state index contributed by atoms with van der Waals surface area (Å²) in [5.74, 6) is 0.242. The zero-order valence-corrected chi connectivity index (χ0v) is 18.9. The lowest BCUT2D eigenvalue weighted by molar-refractivity contribution is -0.127. The summed E-state index contributed by atoms with van der Waals surface area (Å²) in [5, 5.41) is 8.23. The number of amides is 1. The van der Waals surface area contributed by atoms with Crippen molar-refractivity contribution in [3.63, 3.8) is 0 Å². The molecular formula is C21H26N4O4S2. The summed E-state index contributed by atoms with van der Waals surface area (Å²) in [7, 11) is -3.56. The highest BCUT2D eigenvalue weighted by Crippen LogP contribution is 2.27. The predicted molar refractivity (Wildman–Crippen MR) is 120 cm³/mol. The minimum atomic E-state index is -3.56. The average Bonchev–Trinajstić information content (AvgIpc) is 3.27. The molecule has 0 saturated carbocycles. The van der Waals surface area contributed by atoms with E-state index in [9.17, 15) is 13.2 Å². The molecule has 0 radical (unpaired) electrons. The van der Waals surface area contributed by atoms with E-state index in [1.54, 1.807) is 41.3 Å². The molecule has 166 valence electrons. The Balaban J connectivity index is 1.70. The molecule has 0 aliphatic carbocycles. The third-order valence-electron chi connectivity index (χ3n) is 4.81. The van der Waals surface area contributed by atoms with E-state index in [4.69, 9.17) is 4.42 Å². The second-order valence-electron chi connectivity index (χ2n) is 7.03. The lowest BCUT2D eigenvalue weighted by Crippen LogP contribution is -2.35. The lowest BCUT2D eigenvalue weighted by atomic mass is 10.2. The smallest absolute Gasteiger partial charge is 0.277 e. The summed E-state index contributed by atoms with van der Waals surface area (Å²) in [6.45, 7) is 9.24. The van der Waals surface area contributed by atoms with Gasteiger partial charge in [-0.25, -0.2) is 8.42 Å². The largest absolute Gasteiger partial charge is 0.411 e. The van der Waals surface area contributed by atoms with Crippen LogP contribution in [-0.4, -0.2) is 65.7 Å². The first-order valence-electron chi connectivity index (χ1n) is 10.0. The molecule has 1 aliphatic rings. The number of nitrogens with zero attached hydrogens (tertiary/aromatic N) is 4. The van der Waals surface area contributed by atoms with E-state index >= 15 is 0 Å². The van der Waals surface area contributed by atoms with Gasteiger partial charge in [0, 0.05) is 31.7 Å². The number of aromatic nitrogens is 2. The molecule has 0 unspecified atom stereocenters. The van der Waals surface area contributed by atoms with Crippen LogP contribution in [0, 0.1) is 0 Å². The van der Waals surface area contributed by atoms with Gasteiger partial charge in [-0.1, -0.05) is 36.4 Å². The molecule has 2 aromatic rings. The minimum Gasteiger partial charge on any atom is -0.411 e. The Bertz CT molecular complexity index is 1020. The van der Waals surface area contributed by atoms with E-state index < -0.39 is 10.0 Å². The number of hydrogen-bond donors (Lipinski definition) is 0. The van der Waals surface area contributed by atoms with Crippen LogP contribution >= 0.6 is 11.8 Å². The first kappa shape index (κ1) is 23.2. The summed E-state index contributed by atoms with van der Waals surface area (Å²) >= 11 is 1.13. The van der Waals surface area contributed by atoms with Gasteiger partial charge in [-0.2, -0.15) is 4.31 Å². The normalized spacial score (nSPS) is 14.8. The van der Waals surface area contributed by atoms with Crippen LogP contribution in [0.5, 0.6) is 0 Å². The number of benzene rings is 1. The van der Waals surface area contributed by atoms with Crippen molar-refractivity contribution in [2.75, 3.05) is 31.9 Å². The van der Waals surface area contributed by atoms with Gasteiger partial charge < -0.3 is 9.32 Å². The Morgan fingerprint density at radius 2 is 1.87 bits per heavy atom. The van der Waals surface area contributed by atoms with Crippen LogP contribution in [0.3, 0.4) is 0 Å². The van der Waals surface area contributed by atoms with E-state index in [1.807, 2.05) is 0 Å². The second kappa shape index (κ2) is 10.7. The molecule has 1 amide bonds. The Hall–Kier alpha value is -2.43. The highest BCUT2D eigenvalue weighted by atomic mass is 32.2. The first-order chi connectivity index (χ1) is 15.0. The number of rotatable bonds is 10. The van der Waals surface area contributed by atoms with Gasteiger partial charge in [0.2, 0.25) is 21.8 Å². The molecule has 3 rings (SSSR count). The van der Waals surface area contributed by atoms with Crippen molar-refractivity contribution in [3.8, 4) is 11.5 Å². The highest BCUT2D eigenvalue weighted by Gasteiger charge is 2.26. The number of thioether (sulfide) groups is 1. The number of sulfonamides is 1. The lowest BCUT2D eigenvalue weighted by Gasteiger charge is -2.25. The maximum absolute atomic E-state index is 12.9. The summed E-state index contributed by atoms with van der Waals surface area (Å²) in [4.78, 5) is 14.1. The Labute approximate surface area is 187 Å². The summed E-state index contributed by atoms with van der Waals surface area (Å²) in [5.41, 5.74) is 0.517. The zero-order valence-electron chi connectivity index (χ0n) is 17.3. The zero-order chi connectivity index (χ0) is 22.3. The van der Waals surface area contributed by atoms with Gasteiger partial charge in [0.15, 0.2) is 0 Å². The Morgan fingerprint density at radius 1 is 1.16 bits per heavy atom. The van der Waals surface area contributed by atoms with E-state index in [0.29, 0.717) is 31.7 Å². The van der Waals surface area contributed by atoms with Gasteiger partial charge >= 0.3 is 0 Å². The van der Waals surface area contributed by atoms with Crippen LogP contribution in [0.4, 0.5) is 0 Å². The van der Waals surface area contributed by atoms with Crippen molar-refractivity contribution in [3.05, 3.63) is 49.6 Å². The topological polar surface area (TPSA) is 96.6 Å². The monoisotopic (exact) mass is 462 g/mol. The van der Waals surface area contributed by atoms with Crippen molar-refractivity contribution in [2.24, 2.45) is 0 Å². The maximum atomic E-state index is 12.9. The Morgan fingerprint density at radius 3 is 2.55 bits per heavy atom. The van der Waals surface area contributed by atoms with E-state index in [2.05, 4.69) is 23.4 Å². The van der Waals surface area contributed by atoms with Crippen molar-refractivity contribution in [1.29, 1.82) is 0 Å². The van der Waals surface area contributed by atoms with Gasteiger partial charge in [-0.15, -0.1) is 23.4 Å². The fourth-order valence-electron chi connectivity index (χ4n) is 3.23. The van der Waals surface area contributed by atoms with Crippen molar-refractivity contribution < 1.29 is 17.6 Å². The van der Waals surface area contributed by atoms with Crippen molar-refractivity contribution in [2.45, 2.75) is 29.4 Å². The molecule has 1 saturated heterocycles. The number of carbonyl (C=O) groups excluding carboxylic acids is 1. The molecule has 1 aromatic heterocycles. The first-order valence-corrected chi connectivity index (χ1v) is 12.4. The van der Waals surface area contributed by atoms with Crippen LogP contribution < -0.4 is 0 Å². The SMILES string of the molecule is C=CCN(CC=C)C(=O)CSc1nnc(-c2cccc(S(=O)(=O)N3CCCCC3)c2)o1. The van der Waals surface area contributed by atoms with Gasteiger partial charge in [0.05, 0.1) is 10.6 Å². The molecule has 0 bridgehead atoms. The van der Waals surface area contributed by atoms with E-state index in [1.165, 1.54) is 4.31 Å².